The van der Waals surface area contributed by atoms with Crippen molar-refractivity contribution in [2.75, 3.05) is 13.2 Å². The lowest BCUT2D eigenvalue weighted by Gasteiger charge is -2.25. The van der Waals surface area contributed by atoms with Gasteiger partial charge in [-0.1, -0.05) is 19.4 Å². The molecule has 2 heteroatoms. The normalized spacial score (nSPS) is 22.6. The van der Waals surface area contributed by atoms with E-state index in [9.17, 15) is 0 Å². The molecule has 2 aliphatic rings. The fraction of sp³-hybridized carbons (Fsp3) is 0.625. The number of benzene rings is 1. The lowest BCUT2D eigenvalue weighted by atomic mass is 9.86. The van der Waals surface area contributed by atoms with Gasteiger partial charge in [-0.2, -0.15) is 0 Å². The largest absolute Gasteiger partial charge is 0.493 e. The molecule has 1 unspecified atom stereocenters. The molecular weight excluding hydrogens is 222 g/mol. The molecule has 0 aliphatic heterocycles. The van der Waals surface area contributed by atoms with Crippen LogP contribution in [0.4, 0.5) is 0 Å². The number of ether oxygens (including phenoxy) is 1. The van der Waals surface area contributed by atoms with E-state index in [-0.39, 0.29) is 0 Å². The number of hydrogen-bond acceptors (Lipinski definition) is 2. The number of fused-ring (bicyclic) bond motifs is 1. The second-order valence-corrected chi connectivity index (χ2v) is 5.62. The van der Waals surface area contributed by atoms with Gasteiger partial charge in [0.2, 0.25) is 0 Å². The molecule has 18 heavy (non-hydrogen) atoms. The predicted octanol–water partition coefficient (Wildman–Crippen LogP) is 3.46. The molecule has 0 heterocycles. The molecule has 3 rings (SSSR count). The molecule has 1 saturated carbocycles. The van der Waals surface area contributed by atoms with Crippen LogP contribution < -0.4 is 10.1 Å². The Morgan fingerprint density at radius 3 is 2.89 bits per heavy atom. The molecule has 0 aromatic heterocycles. The van der Waals surface area contributed by atoms with Gasteiger partial charge in [-0.3, -0.25) is 0 Å². The minimum atomic E-state index is 0.561. The van der Waals surface area contributed by atoms with Crippen molar-refractivity contribution in [2.24, 2.45) is 5.92 Å². The van der Waals surface area contributed by atoms with E-state index in [1.165, 1.54) is 43.2 Å². The maximum atomic E-state index is 5.91. The van der Waals surface area contributed by atoms with Crippen LogP contribution in [0.25, 0.3) is 0 Å². The Balaban J connectivity index is 1.64. The van der Waals surface area contributed by atoms with Crippen LogP contribution in [0.3, 0.4) is 0 Å². The standard InChI is InChI=1S/C16H23NO/c1-2-17-16-9-6-13-10-14(7-8-15(13)16)18-11-12-4-3-5-12/h7-8,10,12,16-17H,2-6,9,11H2,1H3. The van der Waals surface area contributed by atoms with Gasteiger partial charge in [0.05, 0.1) is 6.61 Å². The summed E-state index contributed by atoms with van der Waals surface area (Å²) < 4.78 is 5.91. The average Bonchev–Trinajstić information content (AvgIpc) is 2.71. The first-order valence-electron chi connectivity index (χ1n) is 7.36. The Morgan fingerprint density at radius 1 is 1.28 bits per heavy atom. The smallest absolute Gasteiger partial charge is 0.119 e. The summed E-state index contributed by atoms with van der Waals surface area (Å²) in [5.74, 6) is 1.88. The lowest BCUT2D eigenvalue weighted by Crippen LogP contribution is -2.19. The van der Waals surface area contributed by atoms with Gasteiger partial charge in [0.1, 0.15) is 5.75 Å². The van der Waals surface area contributed by atoms with E-state index in [1.54, 1.807) is 0 Å². The van der Waals surface area contributed by atoms with Gasteiger partial charge in [-0.05, 0) is 61.4 Å². The highest BCUT2D eigenvalue weighted by Crippen LogP contribution is 2.34. The van der Waals surface area contributed by atoms with Gasteiger partial charge < -0.3 is 10.1 Å². The Kier molecular flexibility index (Phi) is 3.55. The number of rotatable bonds is 5. The van der Waals surface area contributed by atoms with Gasteiger partial charge in [-0.25, -0.2) is 0 Å². The summed E-state index contributed by atoms with van der Waals surface area (Å²) in [6.07, 6.45) is 6.52. The molecule has 1 N–H and O–H groups in total. The first-order chi connectivity index (χ1) is 8.86. The Labute approximate surface area is 110 Å². The number of nitrogens with one attached hydrogen (secondary N) is 1. The van der Waals surface area contributed by atoms with Crippen LogP contribution in [0.1, 0.15) is 49.8 Å². The summed E-state index contributed by atoms with van der Waals surface area (Å²) in [5.41, 5.74) is 2.96. The molecular formula is C16H23NO. The third-order valence-corrected chi connectivity index (χ3v) is 4.35. The van der Waals surface area contributed by atoms with Crippen molar-refractivity contribution >= 4 is 0 Å². The molecule has 2 nitrogen and oxygen atoms in total. The molecule has 1 atom stereocenters. The minimum Gasteiger partial charge on any atom is -0.493 e. The van der Waals surface area contributed by atoms with Crippen molar-refractivity contribution in [3.05, 3.63) is 29.3 Å². The van der Waals surface area contributed by atoms with Crippen LogP contribution in [0.2, 0.25) is 0 Å². The summed E-state index contributed by atoms with van der Waals surface area (Å²) in [6.45, 7) is 4.13. The van der Waals surface area contributed by atoms with Crippen LogP contribution in [-0.4, -0.2) is 13.2 Å². The Hall–Kier alpha value is -1.02. The van der Waals surface area contributed by atoms with Crippen LogP contribution in [0, 0.1) is 5.92 Å². The van der Waals surface area contributed by atoms with Gasteiger partial charge in [0, 0.05) is 6.04 Å². The summed E-state index contributed by atoms with van der Waals surface area (Å²) in [6, 6.07) is 7.22. The zero-order valence-electron chi connectivity index (χ0n) is 11.2. The van der Waals surface area contributed by atoms with Crippen molar-refractivity contribution in [1.82, 2.24) is 5.32 Å². The maximum Gasteiger partial charge on any atom is 0.119 e. The van der Waals surface area contributed by atoms with Crippen molar-refractivity contribution in [2.45, 2.75) is 45.1 Å². The molecule has 0 radical (unpaired) electrons. The summed E-state index contributed by atoms with van der Waals surface area (Å²) in [5, 5.41) is 3.55. The van der Waals surface area contributed by atoms with E-state index in [4.69, 9.17) is 4.74 Å². The number of hydrogen-bond donors (Lipinski definition) is 1. The first-order valence-corrected chi connectivity index (χ1v) is 7.36. The fourth-order valence-electron chi connectivity index (χ4n) is 3.02. The zero-order chi connectivity index (χ0) is 12.4. The molecule has 1 aromatic carbocycles. The van der Waals surface area contributed by atoms with Crippen LogP contribution in [0.5, 0.6) is 5.75 Å². The SMILES string of the molecule is CCNC1CCc2cc(OCC3CCC3)ccc21. The van der Waals surface area contributed by atoms with Gasteiger partial charge >= 0.3 is 0 Å². The van der Waals surface area contributed by atoms with E-state index in [2.05, 4.69) is 30.4 Å². The van der Waals surface area contributed by atoms with E-state index in [0.29, 0.717) is 6.04 Å². The lowest BCUT2D eigenvalue weighted by molar-refractivity contribution is 0.180. The topological polar surface area (TPSA) is 21.3 Å². The molecule has 1 fully saturated rings. The Morgan fingerprint density at radius 2 is 2.17 bits per heavy atom. The highest BCUT2D eigenvalue weighted by molar-refractivity contribution is 5.40. The molecule has 1 aromatic rings. The van der Waals surface area contributed by atoms with E-state index >= 15 is 0 Å². The zero-order valence-corrected chi connectivity index (χ0v) is 11.2. The van der Waals surface area contributed by atoms with E-state index in [0.717, 1.165) is 24.8 Å². The van der Waals surface area contributed by atoms with Crippen molar-refractivity contribution in [1.29, 1.82) is 0 Å². The van der Waals surface area contributed by atoms with Crippen LogP contribution >= 0.6 is 0 Å². The van der Waals surface area contributed by atoms with Crippen LogP contribution in [-0.2, 0) is 6.42 Å². The highest BCUT2D eigenvalue weighted by Gasteiger charge is 2.22. The van der Waals surface area contributed by atoms with Gasteiger partial charge in [-0.15, -0.1) is 0 Å². The molecule has 0 bridgehead atoms. The highest BCUT2D eigenvalue weighted by atomic mass is 16.5. The monoisotopic (exact) mass is 245 g/mol. The van der Waals surface area contributed by atoms with Crippen LogP contribution in [0.15, 0.2) is 18.2 Å². The van der Waals surface area contributed by atoms with Crippen molar-refractivity contribution in [3.63, 3.8) is 0 Å². The van der Waals surface area contributed by atoms with E-state index < -0.39 is 0 Å². The average molecular weight is 245 g/mol. The van der Waals surface area contributed by atoms with Gasteiger partial charge in [0.25, 0.3) is 0 Å². The fourth-order valence-corrected chi connectivity index (χ4v) is 3.02. The maximum absolute atomic E-state index is 5.91. The summed E-state index contributed by atoms with van der Waals surface area (Å²) >= 11 is 0. The second-order valence-electron chi connectivity index (χ2n) is 5.62. The number of aryl methyl sites for hydroxylation is 1. The first kappa shape index (κ1) is 12.0. The predicted molar refractivity (Wildman–Crippen MR) is 74.0 cm³/mol. The second kappa shape index (κ2) is 5.31. The minimum absolute atomic E-state index is 0.561. The molecule has 0 saturated heterocycles. The quantitative estimate of drug-likeness (QED) is 0.857. The molecule has 0 amide bonds. The molecule has 0 spiro atoms. The third-order valence-electron chi connectivity index (χ3n) is 4.35. The molecule has 2 aliphatic carbocycles. The molecule has 98 valence electrons. The summed E-state index contributed by atoms with van der Waals surface area (Å²) in [7, 11) is 0. The summed E-state index contributed by atoms with van der Waals surface area (Å²) in [4.78, 5) is 0. The van der Waals surface area contributed by atoms with Crippen molar-refractivity contribution in [3.8, 4) is 5.75 Å². The van der Waals surface area contributed by atoms with Crippen molar-refractivity contribution < 1.29 is 4.74 Å². The third kappa shape index (κ3) is 2.39. The van der Waals surface area contributed by atoms with Gasteiger partial charge in [0.15, 0.2) is 0 Å². The Bertz CT molecular complexity index is 412. The van der Waals surface area contributed by atoms with E-state index in [1.807, 2.05) is 0 Å².